The van der Waals surface area contributed by atoms with Crippen LogP contribution in [0.15, 0.2) is 23.1 Å². The fourth-order valence-electron chi connectivity index (χ4n) is 3.14. The van der Waals surface area contributed by atoms with Gasteiger partial charge in [0, 0.05) is 19.1 Å². The van der Waals surface area contributed by atoms with Crippen LogP contribution in [0.1, 0.15) is 35.7 Å². The Balaban J connectivity index is 1.66. The molecule has 0 bridgehead atoms. The van der Waals surface area contributed by atoms with Gasteiger partial charge in [0.1, 0.15) is 0 Å². The Morgan fingerprint density at radius 1 is 1.29 bits per heavy atom. The van der Waals surface area contributed by atoms with Gasteiger partial charge in [0.2, 0.25) is 10.0 Å². The van der Waals surface area contributed by atoms with Gasteiger partial charge in [-0.1, -0.05) is 6.07 Å². The topological polar surface area (TPSA) is 102 Å². The molecule has 8 nitrogen and oxygen atoms in total. The lowest BCUT2D eigenvalue weighted by atomic mass is 10.1. The molecular formula is C19H26N2O6S. The molecule has 0 spiro atoms. The highest BCUT2D eigenvalue weighted by Gasteiger charge is 2.30. The minimum absolute atomic E-state index is 0.0266. The van der Waals surface area contributed by atoms with Crippen LogP contribution in [0.2, 0.25) is 0 Å². The first-order chi connectivity index (χ1) is 13.3. The molecule has 1 N–H and O–H groups in total. The molecule has 1 aromatic carbocycles. The van der Waals surface area contributed by atoms with E-state index in [2.05, 4.69) is 5.32 Å². The molecule has 1 aliphatic carbocycles. The van der Waals surface area contributed by atoms with Gasteiger partial charge in [-0.2, -0.15) is 4.31 Å². The molecule has 1 amide bonds. The fourth-order valence-corrected chi connectivity index (χ4v) is 4.57. The van der Waals surface area contributed by atoms with Crippen molar-refractivity contribution >= 4 is 21.9 Å². The molecule has 1 aliphatic heterocycles. The minimum atomic E-state index is -3.72. The van der Waals surface area contributed by atoms with Crippen LogP contribution in [0.5, 0.6) is 0 Å². The maximum absolute atomic E-state index is 12.8. The molecule has 2 aliphatic rings. The Labute approximate surface area is 165 Å². The molecule has 154 valence electrons. The quantitative estimate of drug-likeness (QED) is 0.675. The highest BCUT2D eigenvalue weighted by atomic mass is 32.2. The van der Waals surface area contributed by atoms with Crippen LogP contribution in [0.25, 0.3) is 0 Å². The minimum Gasteiger partial charge on any atom is -0.452 e. The Morgan fingerprint density at radius 3 is 2.61 bits per heavy atom. The number of nitrogens with one attached hydrogen (secondary N) is 1. The van der Waals surface area contributed by atoms with Gasteiger partial charge < -0.3 is 14.8 Å². The molecule has 1 heterocycles. The van der Waals surface area contributed by atoms with Crippen LogP contribution >= 0.6 is 0 Å². The van der Waals surface area contributed by atoms with E-state index in [1.165, 1.54) is 16.4 Å². The lowest BCUT2D eigenvalue weighted by Gasteiger charge is -2.26. The third-order valence-electron chi connectivity index (χ3n) is 5.09. The highest BCUT2D eigenvalue weighted by molar-refractivity contribution is 7.89. The molecule has 1 saturated carbocycles. The van der Waals surface area contributed by atoms with Crippen LogP contribution in [-0.4, -0.2) is 63.6 Å². The smallest absolute Gasteiger partial charge is 0.338 e. The van der Waals surface area contributed by atoms with Crippen molar-refractivity contribution < 1.29 is 27.5 Å². The summed E-state index contributed by atoms with van der Waals surface area (Å²) in [5, 5.41) is 2.81. The number of amides is 1. The van der Waals surface area contributed by atoms with E-state index in [4.69, 9.17) is 9.47 Å². The largest absolute Gasteiger partial charge is 0.452 e. The number of ether oxygens (including phenoxy) is 2. The number of nitrogens with zero attached hydrogens (tertiary/aromatic N) is 1. The van der Waals surface area contributed by atoms with Gasteiger partial charge in [-0.15, -0.1) is 0 Å². The van der Waals surface area contributed by atoms with Crippen molar-refractivity contribution in [3.8, 4) is 0 Å². The zero-order valence-electron chi connectivity index (χ0n) is 16.1. The van der Waals surface area contributed by atoms with E-state index < -0.39 is 22.6 Å². The summed E-state index contributed by atoms with van der Waals surface area (Å²) in [5.41, 5.74) is 0.718. The van der Waals surface area contributed by atoms with Gasteiger partial charge >= 0.3 is 5.97 Å². The van der Waals surface area contributed by atoms with Crippen LogP contribution in [0.3, 0.4) is 0 Å². The molecule has 2 fully saturated rings. The molecule has 0 aromatic heterocycles. The van der Waals surface area contributed by atoms with Crippen LogP contribution in [0, 0.1) is 12.8 Å². The van der Waals surface area contributed by atoms with Gasteiger partial charge in [-0.25, -0.2) is 13.2 Å². The summed E-state index contributed by atoms with van der Waals surface area (Å²) in [5.74, 6) is -0.572. The number of benzene rings is 1. The molecule has 28 heavy (non-hydrogen) atoms. The third kappa shape index (κ3) is 4.89. The normalized spacial score (nSPS) is 19.1. The van der Waals surface area contributed by atoms with E-state index in [1.54, 1.807) is 13.0 Å². The van der Waals surface area contributed by atoms with Crippen molar-refractivity contribution in [2.45, 2.75) is 37.6 Å². The number of carbonyl (C=O) groups is 2. The van der Waals surface area contributed by atoms with Crippen molar-refractivity contribution in [1.29, 1.82) is 0 Å². The first-order valence-electron chi connectivity index (χ1n) is 9.44. The van der Waals surface area contributed by atoms with E-state index in [9.17, 15) is 18.0 Å². The Bertz CT molecular complexity index is 844. The molecular weight excluding hydrogens is 384 g/mol. The summed E-state index contributed by atoms with van der Waals surface area (Å²) in [4.78, 5) is 24.4. The number of morpholine rings is 1. The third-order valence-corrected chi connectivity index (χ3v) is 6.98. The molecule has 1 saturated heterocycles. The van der Waals surface area contributed by atoms with Crippen molar-refractivity contribution in [2.24, 2.45) is 5.92 Å². The summed E-state index contributed by atoms with van der Waals surface area (Å²) in [6, 6.07) is 4.42. The summed E-state index contributed by atoms with van der Waals surface area (Å²) in [6.07, 6.45) is 2.20. The Morgan fingerprint density at radius 2 is 1.96 bits per heavy atom. The van der Waals surface area contributed by atoms with Gasteiger partial charge in [-0.3, -0.25) is 4.79 Å². The number of aryl methyl sites for hydroxylation is 1. The van der Waals surface area contributed by atoms with Gasteiger partial charge in [0.05, 0.1) is 23.7 Å². The second-order valence-electron chi connectivity index (χ2n) is 7.26. The zero-order valence-corrected chi connectivity index (χ0v) is 17.0. The van der Waals surface area contributed by atoms with Crippen LogP contribution in [-0.2, 0) is 24.3 Å². The molecule has 0 unspecified atom stereocenters. The Hall–Kier alpha value is -1.97. The van der Waals surface area contributed by atoms with Crippen molar-refractivity contribution in [1.82, 2.24) is 9.62 Å². The molecule has 1 atom stereocenters. The fraction of sp³-hybridized carbons (Fsp3) is 0.579. The van der Waals surface area contributed by atoms with Crippen LogP contribution in [0.4, 0.5) is 0 Å². The summed E-state index contributed by atoms with van der Waals surface area (Å²) in [6.45, 7) is 4.46. The number of hydrogen-bond donors (Lipinski definition) is 1. The van der Waals surface area contributed by atoms with Crippen molar-refractivity contribution in [2.75, 3.05) is 32.9 Å². The maximum Gasteiger partial charge on any atom is 0.338 e. The summed E-state index contributed by atoms with van der Waals surface area (Å²) in [7, 11) is -3.72. The molecule has 3 rings (SSSR count). The van der Waals surface area contributed by atoms with Gasteiger partial charge in [-0.05, 0) is 50.3 Å². The number of hydrogen-bond acceptors (Lipinski definition) is 6. The van der Waals surface area contributed by atoms with E-state index in [1.807, 2.05) is 6.92 Å². The molecule has 9 heteroatoms. The number of rotatable bonds is 7. The SMILES string of the molecule is Cc1ccc(S(=O)(=O)N2CCOCC2)cc1C(=O)OCC(=O)N[C@H](C)C1CC1. The van der Waals surface area contributed by atoms with E-state index >= 15 is 0 Å². The van der Waals surface area contributed by atoms with Crippen LogP contribution < -0.4 is 5.32 Å². The second kappa shape index (κ2) is 8.59. The van der Waals surface area contributed by atoms with Gasteiger partial charge in [0.15, 0.2) is 6.61 Å². The first kappa shape index (κ1) is 20.8. The van der Waals surface area contributed by atoms with E-state index in [-0.39, 0.29) is 35.5 Å². The first-order valence-corrected chi connectivity index (χ1v) is 10.9. The molecule has 0 radical (unpaired) electrons. The van der Waals surface area contributed by atoms with E-state index in [0.29, 0.717) is 24.7 Å². The standard InChI is InChI=1S/C19H26N2O6S/c1-13-3-6-16(28(24,25)21-7-9-26-10-8-21)11-17(13)19(23)27-12-18(22)20-14(2)15-4-5-15/h3,6,11,14-15H,4-5,7-10,12H2,1-2H3,(H,20,22)/t14-/m1/s1. The van der Waals surface area contributed by atoms with Crippen molar-refractivity contribution in [3.63, 3.8) is 0 Å². The lowest BCUT2D eigenvalue weighted by molar-refractivity contribution is -0.125. The highest BCUT2D eigenvalue weighted by Crippen LogP contribution is 2.32. The summed E-state index contributed by atoms with van der Waals surface area (Å²) >= 11 is 0. The lowest BCUT2D eigenvalue weighted by Crippen LogP contribution is -2.40. The number of sulfonamides is 1. The predicted octanol–water partition coefficient (Wildman–Crippen LogP) is 1.09. The van der Waals surface area contributed by atoms with Gasteiger partial charge in [0.25, 0.3) is 5.91 Å². The number of carbonyl (C=O) groups excluding carboxylic acids is 2. The Kier molecular flexibility index (Phi) is 6.36. The average Bonchev–Trinajstić information content (AvgIpc) is 3.52. The monoisotopic (exact) mass is 410 g/mol. The van der Waals surface area contributed by atoms with E-state index in [0.717, 1.165) is 12.8 Å². The summed E-state index contributed by atoms with van der Waals surface area (Å²) < 4.78 is 37.2. The number of esters is 1. The average molecular weight is 410 g/mol. The van der Waals surface area contributed by atoms with Crippen molar-refractivity contribution in [3.05, 3.63) is 29.3 Å². The second-order valence-corrected chi connectivity index (χ2v) is 9.20. The predicted molar refractivity (Wildman–Crippen MR) is 101 cm³/mol. The maximum atomic E-state index is 12.8. The zero-order chi connectivity index (χ0) is 20.3. The molecule has 1 aromatic rings.